The second-order valence-electron chi connectivity index (χ2n) is 10.8. The van der Waals surface area contributed by atoms with E-state index >= 15 is 4.39 Å². The molecule has 6 N–H and O–H groups in total. The molecule has 0 atom stereocenters. The second kappa shape index (κ2) is 17.5. The van der Waals surface area contributed by atoms with Gasteiger partial charge in [0.1, 0.15) is 11.6 Å². The third kappa shape index (κ3) is 9.67. The molecule has 4 rings (SSSR count). The lowest BCUT2D eigenvalue weighted by molar-refractivity contribution is -0.122. The fourth-order valence-corrected chi connectivity index (χ4v) is 6.05. The van der Waals surface area contributed by atoms with Gasteiger partial charge in [0.2, 0.25) is 0 Å². The van der Waals surface area contributed by atoms with Gasteiger partial charge in [-0.3, -0.25) is 19.1 Å². The highest BCUT2D eigenvalue weighted by Gasteiger charge is 2.30. The number of hydrogen-bond donors (Lipinski definition) is 4. The monoisotopic (exact) mass is 704 g/mol. The lowest BCUT2D eigenvalue weighted by Crippen LogP contribution is -2.25. The molecule has 0 spiro atoms. The number of aliphatic imine (C=N–C) groups is 1. The van der Waals surface area contributed by atoms with Crippen LogP contribution in [0, 0.1) is 17.5 Å². The van der Waals surface area contributed by atoms with Crippen LogP contribution < -0.4 is 21.5 Å². The number of guanidine groups is 1. The van der Waals surface area contributed by atoms with Gasteiger partial charge >= 0.3 is 0 Å². The number of nitrogens with one attached hydrogen (secondary N) is 1. The normalized spacial score (nSPS) is 10.9. The number of carboxylic acid groups (broad SMARTS) is 1. The van der Waals surface area contributed by atoms with E-state index in [9.17, 15) is 13.6 Å². The maximum Gasteiger partial charge on any atom is 0.290 e. The Balaban J connectivity index is 0.00000201. The number of ether oxygens (including phenoxy) is 1. The van der Waals surface area contributed by atoms with Crippen molar-refractivity contribution in [1.29, 1.82) is 0 Å². The number of hydrogen-bond acceptors (Lipinski definition) is 6. The zero-order chi connectivity index (χ0) is 35.4. The largest absolute Gasteiger partial charge is 0.494 e. The van der Waals surface area contributed by atoms with Crippen molar-refractivity contribution in [3.8, 4) is 11.4 Å². The van der Waals surface area contributed by atoms with E-state index in [0.717, 1.165) is 17.3 Å². The number of imidazole rings is 1. The molecule has 0 bridgehead atoms. The molecule has 0 aliphatic carbocycles. The Kier molecular flexibility index (Phi) is 13.7. The molecule has 0 aliphatic heterocycles. The maximum absolute atomic E-state index is 15.3. The summed E-state index contributed by atoms with van der Waals surface area (Å²) in [5.74, 6) is -1.76. The number of amides is 1. The molecule has 15 heteroatoms. The summed E-state index contributed by atoms with van der Waals surface area (Å²) >= 11 is 7.69. The SMILES string of the molecule is COc1cc(C(C)(C)c2cnc(SCc3c(F)cc(C(=O)NCCCCN=C(N)N)cc3Cl)n2-c2ccc(F)cc2)ccc1F.O=CO. The van der Waals surface area contributed by atoms with Crippen LogP contribution in [0.4, 0.5) is 13.2 Å². The summed E-state index contributed by atoms with van der Waals surface area (Å²) in [6.07, 6.45) is 3.00. The number of aromatic nitrogens is 2. The van der Waals surface area contributed by atoms with Gasteiger partial charge in [0.15, 0.2) is 22.7 Å². The average molecular weight is 705 g/mol. The number of nitrogens with two attached hydrogens (primary N) is 2. The molecule has 4 aromatic rings. The van der Waals surface area contributed by atoms with E-state index in [0.29, 0.717) is 36.8 Å². The lowest BCUT2D eigenvalue weighted by Gasteiger charge is -2.28. The van der Waals surface area contributed by atoms with Gasteiger partial charge in [0, 0.05) is 46.1 Å². The van der Waals surface area contributed by atoms with E-state index in [4.69, 9.17) is 37.7 Å². The topological polar surface area (TPSA) is 158 Å². The van der Waals surface area contributed by atoms with Gasteiger partial charge in [-0.2, -0.15) is 0 Å². The molecular formula is C33H36ClF3N6O4S. The van der Waals surface area contributed by atoms with Crippen molar-refractivity contribution in [3.05, 3.63) is 106 Å². The molecule has 10 nitrogen and oxygen atoms in total. The highest BCUT2D eigenvalue weighted by molar-refractivity contribution is 7.98. The summed E-state index contributed by atoms with van der Waals surface area (Å²) in [5.41, 5.74) is 12.3. The zero-order valence-electron chi connectivity index (χ0n) is 26.5. The van der Waals surface area contributed by atoms with Gasteiger partial charge < -0.3 is 26.6 Å². The van der Waals surface area contributed by atoms with Crippen LogP contribution in [0.25, 0.3) is 5.69 Å². The van der Waals surface area contributed by atoms with Gasteiger partial charge in [0.05, 0.1) is 19.0 Å². The summed E-state index contributed by atoms with van der Waals surface area (Å²) in [5, 5.41) is 10.2. The number of benzene rings is 3. The molecule has 0 fully saturated rings. The van der Waals surface area contributed by atoms with E-state index in [2.05, 4.69) is 15.3 Å². The van der Waals surface area contributed by atoms with Crippen LogP contribution in [-0.4, -0.2) is 53.2 Å². The molecule has 1 amide bonds. The number of carbonyl (C=O) groups excluding carboxylic acids is 1. The predicted octanol–water partition coefficient (Wildman–Crippen LogP) is 6.05. The third-order valence-corrected chi connectivity index (χ3v) is 8.56. The van der Waals surface area contributed by atoms with Crippen LogP contribution in [0.15, 0.2) is 70.9 Å². The number of methoxy groups -OCH3 is 1. The van der Waals surface area contributed by atoms with Gasteiger partial charge in [0.25, 0.3) is 12.4 Å². The van der Waals surface area contributed by atoms with Crippen LogP contribution in [0.3, 0.4) is 0 Å². The van der Waals surface area contributed by atoms with Crippen molar-refractivity contribution in [2.75, 3.05) is 20.2 Å². The molecule has 0 saturated carbocycles. The van der Waals surface area contributed by atoms with Crippen LogP contribution in [0.5, 0.6) is 5.75 Å². The first kappa shape index (κ1) is 37.8. The number of halogens is 4. The minimum absolute atomic E-state index is 0.0113. The number of nitrogens with zero attached hydrogens (tertiary/aromatic N) is 3. The molecular weight excluding hydrogens is 669 g/mol. The Hall–Kier alpha value is -4.69. The minimum atomic E-state index is -0.704. The van der Waals surface area contributed by atoms with Gasteiger partial charge in [-0.25, -0.2) is 18.2 Å². The molecule has 1 aromatic heterocycles. The first-order valence-corrected chi connectivity index (χ1v) is 15.9. The maximum atomic E-state index is 15.3. The molecule has 256 valence electrons. The van der Waals surface area contributed by atoms with Crippen molar-refractivity contribution in [3.63, 3.8) is 0 Å². The van der Waals surface area contributed by atoms with E-state index in [1.54, 1.807) is 30.5 Å². The minimum Gasteiger partial charge on any atom is -0.494 e. The lowest BCUT2D eigenvalue weighted by atomic mass is 9.81. The van der Waals surface area contributed by atoms with Gasteiger partial charge in [-0.05, 0) is 66.9 Å². The van der Waals surface area contributed by atoms with E-state index < -0.39 is 28.8 Å². The third-order valence-electron chi connectivity index (χ3n) is 7.24. The molecule has 3 aromatic carbocycles. The van der Waals surface area contributed by atoms with Crippen LogP contribution in [-0.2, 0) is 16.0 Å². The molecule has 0 radical (unpaired) electrons. The van der Waals surface area contributed by atoms with E-state index in [-0.39, 0.29) is 40.1 Å². The molecule has 1 heterocycles. The van der Waals surface area contributed by atoms with Gasteiger partial charge in [-0.1, -0.05) is 43.3 Å². The molecule has 0 saturated heterocycles. The predicted molar refractivity (Wildman–Crippen MR) is 181 cm³/mol. The van der Waals surface area contributed by atoms with E-state index in [1.807, 2.05) is 18.4 Å². The van der Waals surface area contributed by atoms with Crippen molar-refractivity contribution < 1.29 is 32.6 Å². The van der Waals surface area contributed by atoms with E-state index in [1.165, 1.54) is 43.1 Å². The first-order valence-electron chi connectivity index (χ1n) is 14.5. The second-order valence-corrected chi connectivity index (χ2v) is 12.1. The Morgan fingerprint density at radius 1 is 1.10 bits per heavy atom. The van der Waals surface area contributed by atoms with Crippen LogP contribution >= 0.6 is 23.4 Å². The summed E-state index contributed by atoms with van der Waals surface area (Å²) in [4.78, 5) is 29.5. The Labute approximate surface area is 285 Å². The Bertz CT molecular complexity index is 1720. The summed E-state index contributed by atoms with van der Waals surface area (Å²) < 4.78 is 50.4. The quantitative estimate of drug-likeness (QED) is 0.0431. The summed E-state index contributed by atoms with van der Waals surface area (Å²) in [6.45, 7) is 4.47. The van der Waals surface area contributed by atoms with Gasteiger partial charge in [-0.15, -0.1) is 0 Å². The van der Waals surface area contributed by atoms with Crippen LogP contribution in [0.2, 0.25) is 5.02 Å². The fourth-order valence-electron chi connectivity index (χ4n) is 4.67. The molecule has 0 unspecified atom stereocenters. The Morgan fingerprint density at radius 3 is 2.42 bits per heavy atom. The average Bonchev–Trinajstić information content (AvgIpc) is 3.47. The number of carbonyl (C=O) groups is 2. The summed E-state index contributed by atoms with van der Waals surface area (Å²) in [6, 6.07) is 13.1. The van der Waals surface area contributed by atoms with Crippen molar-refractivity contribution >= 4 is 41.7 Å². The smallest absolute Gasteiger partial charge is 0.290 e. The number of thioether (sulfide) groups is 1. The highest BCUT2D eigenvalue weighted by atomic mass is 35.5. The molecule has 48 heavy (non-hydrogen) atoms. The first-order chi connectivity index (χ1) is 22.8. The summed E-state index contributed by atoms with van der Waals surface area (Å²) in [7, 11) is 1.40. The van der Waals surface area contributed by atoms with Crippen molar-refractivity contribution in [2.45, 2.75) is 43.0 Å². The standard InChI is InChI=1S/C32H34ClF3N6O2S.CH2O2/c1-32(2,20-6-11-25(35)27(16-20)44-3)28-17-41-31(42(28)22-9-7-21(34)8-10-22)45-18-23-24(33)14-19(15-26(23)36)29(43)39-12-4-5-13-40-30(37)38;2-1-3/h6-11,14-17H,4-5,12-13,18H2,1-3H3,(H,39,43)(H4,37,38,40);1H,(H,2,3). The molecule has 0 aliphatic rings. The highest BCUT2D eigenvalue weighted by Crippen LogP contribution is 2.39. The fraction of sp³-hybridized carbons (Fsp3) is 0.273. The number of unbranched alkanes of at least 4 members (excludes halogenated alkanes) is 1. The van der Waals surface area contributed by atoms with Crippen molar-refractivity contribution in [1.82, 2.24) is 14.9 Å². The Morgan fingerprint density at radius 2 is 1.79 bits per heavy atom. The van der Waals surface area contributed by atoms with Crippen LogP contribution in [0.1, 0.15) is 53.9 Å². The van der Waals surface area contributed by atoms with Crippen molar-refractivity contribution in [2.24, 2.45) is 16.5 Å². The zero-order valence-corrected chi connectivity index (χ0v) is 28.0. The number of rotatable bonds is 13.